The number of halogens is 1. The van der Waals surface area contributed by atoms with E-state index in [2.05, 4.69) is 28.0 Å². The Balaban J connectivity index is 2.69. The number of benzene rings is 1. The van der Waals surface area contributed by atoms with Crippen molar-refractivity contribution in [1.29, 1.82) is 0 Å². The number of methoxy groups -OCH3 is 2. The Hall–Kier alpha value is -1.69. The molecule has 0 bridgehead atoms. The van der Waals surface area contributed by atoms with Crippen molar-refractivity contribution in [1.82, 2.24) is 5.16 Å². The fraction of sp³-hybridized carbons (Fsp3) is 0.308. The van der Waals surface area contributed by atoms with E-state index in [1.165, 1.54) is 0 Å². The predicted molar refractivity (Wildman–Crippen MR) is 76.5 cm³/mol. The van der Waals surface area contributed by atoms with Crippen molar-refractivity contribution in [2.24, 2.45) is 0 Å². The van der Waals surface area contributed by atoms with E-state index in [1.54, 1.807) is 20.3 Å². The Morgan fingerprint density at radius 1 is 1.32 bits per heavy atom. The number of ether oxygens (including phenoxy) is 2. The molecule has 19 heavy (non-hydrogen) atoms. The van der Waals surface area contributed by atoms with Gasteiger partial charge in [0.25, 0.3) is 0 Å². The maximum absolute atomic E-state index is 5.58. The molecule has 6 heteroatoms. The molecule has 0 spiro atoms. The molecular formula is C13H15BrN2O3. The first-order valence-corrected chi connectivity index (χ1v) is 6.57. The molecule has 0 radical (unpaired) electrons. The predicted octanol–water partition coefficient (Wildman–Crippen LogP) is 3.27. The summed E-state index contributed by atoms with van der Waals surface area (Å²) in [7, 11) is 3.20. The normalized spacial score (nSPS) is 10.5. The molecule has 0 aliphatic carbocycles. The summed E-state index contributed by atoms with van der Waals surface area (Å²) < 4.78 is 16.5. The molecule has 0 atom stereocenters. The fourth-order valence-corrected chi connectivity index (χ4v) is 2.83. The standard InChI is InChI=1S/C13H15BrN2O3/c1-4-7-8(9-6-11(15)19-16-9)5-10(17-2)13(18-3)12(7)14/h5-6H,4,15H2,1-3H3. The van der Waals surface area contributed by atoms with Gasteiger partial charge in [-0.15, -0.1) is 0 Å². The first-order valence-electron chi connectivity index (χ1n) is 5.78. The number of nitrogens with two attached hydrogens (primary N) is 1. The number of hydrogen-bond donors (Lipinski definition) is 1. The summed E-state index contributed by atoms with van der Waals surface area (Å²) in [4.78, 5) is 0. The van der Waals surface area contributed by atoms with Gasteiger partial charge in [-0.3, -0.25) is 0 Å². The molecule has 1 aromatic heterocycles. The van der Waals surface area contributed by atoms with Crippen LogP contribution in [0.3, 0.4) is 0 Å². The monoisotopic (exact) mass is 326 g/mol. The second kappa shape index (κ2) is 5.52. The molecule has 102 valence electrons. The van der Waals surface area contributed by atoms with E-state index in [9.17, 15) is 0 Å². The number of nitrogens with zero attached hydrogens (tertiary/aromatic N) is 1. The van der Waals surface area contributed by atoms with Crippen LogP contribution in [-0.2, 0) is 6.42 Å². The van der Waals surface area contributed by atoms with Crippen LogP contribution in [0.25, 0.3) is 11.3 Å². The van der Waals surface area contributed by atoms with E-state index in [4.69, 9.17) is 19.7 Å². The average Bonchev–Trinajstić information content (AvgIpc) is 2.84. The molecule has 0 aliphatic heterocycles. The second-order valence-corrected chi connectivity index (χ2v) is 4.71. The zero-order valence-corrected chi connectivity index (χ0v) is 12.6. The summed E-state index contributed by atoms with van der Waals surface area (Å²) in [5, 5.41) is 3.95. The minimum Gasteiger partial charge on any atom is -0.493 e. The average molecular weight is 327 g/mol. The van der Waals surface area contributed by atoms with Crippen molar-refractivity contribution in [2.75, 3.05) is 20.0 Å². The molecule has 5 nitrogen and oxygen atoms in total. The van der Waals surface area contributed by atoms with E-state index in [-0.39, 0.29) is 5.88 Å². The van der Waals surface area contributed by atoms with Crippen molar-refractivity contribution in [3.8, 4) is 22.8 Å². The summed E-state index contributed by atoms with van der Waals surface area (Å²) in [5.74, 6) is 1.57. The third-order valence-corrected chi connectivity index (χ3v) is 3.71. The quantitative estimate of drug-likeness (QED) is 0.933. The van der Waals surface area contributed by atoms with E-state index in [1.807, 2.05) is 6.07 Å². The number of anilines is 1. The van der Waals surface area contributed by atoms with Crippen LogP contribution in [0.2, 0.25) is 0 Å². The van der Waals surface area contributed by atoms with Crippen LogP contribution in [0.15, 0.2) is 21.1 Å². The largest absolute Gasteiger partial charge is 0.493 e. The highest BCUT2D eigenvalue weighted by atomic mass is 79.9. The molecule has 2 N–H and O–H groups in total. The van der Waals surface area contributed by atoms with Gasteiger partial charge in [-0.1, -0.05) is 12.1 Å². The number of rotatable bonds is 4. The van der Waals surface area contributed by atoms with Crippen LogP contribution in [0, 0.1) is 0 Å². The minimum absolute atomic E-state index is 0.281. The molecule has 0 aliphatic rings. The SMILES string of the molecule is CCc1c(-c2cc(N)on2)cc(OC)c(OC)c1Br. The van der Waals surface area contributed by atoms with Gasteiger partial charge in [-0.05, 0) is 34.0 Å². The lowest BCUT2D eigenvalue weighted by molar-refractivity contribution is 0.353. The van der Waals surface area contributed by atoms with Gasteiger partial charge >= 0.3 is 0 Å². The molecule has 1 aromatic carbocycles. The van der Waals surface area contributed by atoms with Crippen molar-refractivity contribution in [3.63, 3.8) is 0 Å². The summed E-state index contributed by atoms with van der Waals surface area (Å²) >= 11 is 3.55. The van der Waals surface area contributed by atoms with Gasteiger partial charge in [-0.2, -0.15) is 0 Å². The molecule has 0 fully saturated rings. The number of aromatic nitrogens is 1. The zero-order valence-electron chi connectivity index (χ0n) is 11.0. The third-order valence-electron chi connectivity index (χ3n) is 2.87. The van der Waals surface area contributed by atoms with E-state index in [0.29, 0.717) is 17.2 Å². The Morgan fingerprint density at radius 2 is 2.05 bits per heavy atom. The van der Waals surface area contributed by atoms with Gasteiger partial charge in [0.2, 0.25) is 5.88 Å². The van der Waals surface area contributed by atoms with Crippen LogP contribution in [0.5, 0.6) is 11.5 Å². The van der Waals surface area contributed by atoms with Crippen molar-refractivity contribution in [2.45, 2.75) is 13.3 Å². The maximum atomic E-state index is 5.58. The highest BCUT2D eigenvalue weighted by molar-refractivity contribution is 9.10. The summed E-state index contributed by atoms with van der Waals surface area (Å²) in [6, 6.07) is 3.56. The number of nitrogen functional groups attached to an aromatic ring is 1. The maximum Gasteiger partial charge on any atom is 0.222 e. The van der Waals surface area contributed by atoms with Gasteiger partial charge in [0.05, 0.1) is 18.7 Å². The molecule has 0 saturated heterocycles. The van der Waals surface area contributed by atoms with Crippen LogP contribution in [-0.4, -0.2) is 19.4 Å². The molecule has 2 rings (SSSR count). The third kappa shape index (κ3) is 2.40. The van der Waals surface area contributed by atoms with Gasteiger partial charge in [0.1, 0.15) is 5.69 Å². The van der Waals surface area contributed by atoms with Crippen LogP contribution in [0.4, 0.5) is 5.88 Å². The smallest absolute Gasteiger partial charge is 0.222 e. The van der Waals surface area contributed by atoms with Gasteiger partial charge in [0.15, 0.2) is 11.5 Å². The Bertz CT molecular complexity index is 596. The molecule has 0 amide bonds. The highest BCUT2D eigenvalue weighted by Gasteiger charge is 2.19. The van der Waals surface area contributed by atoms with Gasteiger partial charge in [-0.25, -0.2) is 0 Å². The summed E-state index contributed by atoms with van der Waals surface area (Å²) in [5.41, 5.74) is 8.22. The lowest BCUT2D eigenvalue weighted by Gasteiger charge is -2.15. The van der Waals surface area contributed by atoms with Crippen LogP contribution < -0.4 is 15.2 Å². The lowest BCUT2D eigenvalue weighted by Crippen LogP contribution is -1.98. The molecular weight excluding hydrogens is 312 g/mol. The lowest BCUT2D eigenvalue weighted by atomic mass is 10.0. The Kier molecular flexibility index (Phi) is 3.99. The molecule has 1 heterocycles. The summed E-state index contributed by atoms with van der Waals surface area (Å²) in [6.45, 7) is 2.05. The second-order valence-electron chi connectivity index (χ2n) is 3.92. The first-order chi connectivity index (χ1) is 9.12. The fourth-order valence-electron chi connectivity index (χ4n) is 1.98. The molecule has 2 aromatic rings. The Morgan fingerprint density at radius 3 is 2.53 bits per heavy atom. The van der Waals surface area contributed by atoms with Crippen LogP contribution >= 0.6 is 15.9 Å². The van der Waals surface area contributed by atoms with Gasteiger partial charge < -0.3 is 19.7 Å². The van der Waals surface area contributed by atoms with Crippen molar-refractivity contribution < 1.29 is 14.0 Å². The van der Waals surface area contributed by atoms with E-state index in [0.717, 1.165) is 22.0 Å². The molecule has 0 saturated carbocycles. The van der Waals surface area contributed by atoms with Crippen molar-refractivity contribution in [3.05, 3.63) is 22.2 Å². The number of hydrogen-bond acceptors (Lipinski definition) is 5. The van der Waals surface area contributed by atoms with Crippen molar-refractivity contribution >= 4 is 21.8 Å². The van der Waals surface area contributed by atoms with Gasteiger partial charge in [0, 0.05) is 11.6 Å². The van der Waals surface area contributed by atoms with E-state index >= 15 is 0 Å². The summed E-state index contributed by atoms with van der Waals surface area (Å²) in [6.07, 6.45) is 0.809. The zero-order chi connectivity index (χ0) is 14.0. The highest BCUT2D eigenvalue weighted by Crippen LogP contribution is 2.43. The first kappa shape index (κ1) is 13.7. The minimum atomic E-state index is 0.281. The van der Waals surface area contributed by atoms with E-state index < -0.39 is 0 Å². The Labute approximate surface area is 119 Å². The topological polar surface area (TPSA) is 70.5 Å². The molecule has 0 unspecified atom stereocenters. The van der Waals surface area contributed by atoms with Crippen LogP contribution in [0.1, 0.15) is 12.5 Å².